The lowest BCUT2D eigenvalue weighted by Crippen LogP contribution is -2.54. The van der Waals surface area contributed by atoms with Crippen molar-refractivity contribution in [3.63, 3.8) is 0 Å². The fraction of sp³-hybridized carbons (Fsp3) is 0.867. The summed E-state index contributed by atoms with van der Waals surface area (Å²) < 4.78 is 0. The van der Waals surface area contributed by atoms with Gasteiger partial charge in [0.25, 0.3) is 0 Å². The number of urea groups is 1. The summed E-state index contributed by atoms with van der Waals surface area (Å²) in [5.41, 5.74) is 0. The van der Waals surface area contributed by atoms with Crippen LogP contribution in [0.15, 0.2) is 0 Å². The monoisotopic (exact) mass is 296 g/mol. The normalized spacial score (nSPS) is 24.0. The Labute approximate surface area is 127 Å². The van der Waals surface area contributed by atoms with Gasteiger partial charge in [-0.05, 0) is 26.2 Å². The van der Waals surface area contributed by atoms with Crippen LogP contribution < -0.4 is 0 Å². The number of hydrogen-bond acceptors (Lipinski definition) is 3. The van der Waals surface area contributed by atoms with Crippen LogP contribution in [0.2, 0.25) is 0 Å². The molecule has 21 heavy (non-hydrogen) atoms. The van der Waals surface area contributed by atoms with Crippen LogP contribution in [0.3, 0.4) is 0 Å². The first-order valence-corrected chi connectivity index (χ1v) is 7.97. The quantitative estimate of drug-likeness (QED) is 0.753. The van der Waals surface area contributed by atoms with Crippen LogP contribution in [0.1, 0.15) is 26.2 Å². The zero-order chi connectivity index (χ0) is 15.4. The highest BCUT2D eigenvalue weighted by atomic mass is 16.2. The summed E-state index contributed by atoms with van der Waals surface area (Å²) in [7, 11) is 3.55. The van der Waals surface area contributed by atoms with Gasteiger partial charge in [-0.2, -0.15) is 0 Å². The Kier molecular flexibility index (Phi) is 5.45. The SMILES string of the molecule is CC1CCCCN1C(=O)CN1CCN(C(=O)N(C)C)CC1. The molecule has 6 nitrogen and oxygen atoms in total. The standard InChI is InChI=1S/C15H28N4O2/c1-13-6-4-5-7-19(13)14(20)12-17-8-10-18(11-9-17)15(21)16(2)3/h13H,4-12H2,1-3H3. The predicted octanol–water partition coefficient (Wildman–Crippen LogP) is 0.687. The van der Waals surface area contributed by atoms with E-state index in [0.717, 1.165) is 32.5 Å². The molecule has 0 radical (unpaired) electrons. The minimum Gasteiger partial charge on any atom is -0.339 e. The highest BCUT2D eigenvalue weighted by Gasteiger charge is 2.27. The van der Waals surface area contributed by atoms with Gasteiger partial charge in [0.2, 0.25) is 5.91 Å². The minimum absolute atomic E-state index is 0.0608. The fourth-order valence-electron chi connectivity index (χ4n) is 3.13. The third-order valence-electron chi connectivity index (χ3n) is 4.51. The number of hydrogen-bond donors (Lipinski definition) is 0. The number of likely N-dealkylation sites (tertiary alicyclic amines) is 1. The average Bonchev–Trinajstić information content (AvgIpc) is 2.47. The Morgan fingerprint density at radius 1 is 1.05 bits per heavy atom. The summed E-state index contributed by atoms with van der Waals surface area (Å²) in [4.78, 5) is 31.9. The summed E-state index contributed by atoms with van der Waals surface area (Å²) >= 11 is 0. The van der Waals surface area contributed by atoms with E-state index in [2.05, 4.69) is 11.8 Å². The van der Waals surface area contributed by atoms with Crippen LogP contribution in [-0.4, -0.2) is 90.9 Å². The zero-order valence-electron chi connectivity index (χ0n) is 13.5. The third-order valence-corrected chi connectivity index (χ3v) is 4.51. The van der Waals surface area contributed by atoms with Crippen LogP contribution in [-0.2, 0) is 4.79 Å². The maximum absolute atomic E-state index is 12.4. The second-order valence-corrected chi connectivity index (χ2v) is 6.37. The van der Waals surface area contributed by atoms with Crippen molar-refractivity contribution in [2.24, 2.45) is 0 Å². The van der Waals surface area contributed by atoms with Gasteiger partial charge in [0, 0.05) is 52.9 Å². The van der Waals surface area contributed by atoms with Gasteiger partial charge in [0.05, 0.1) is 6.54 Å². The van der Waals surface area contributed by atoms with E-state index in [1.54, 1.807) is 19.0 Å². The first-order valence-electron chi connectivity index (χ1n) is 7.97. The van der Waals surface area contributed by atoms with Crippen molar-refractivity contribution in [2.75, 3.05) is 53.4 Å². The second-order valence-electron chi connectivity index (χ2n) is 6.37. The molecule has 2 aliphatic heterocycles. The highest BCUT2D eigenvalue weighted by molar-refractivity contribution is 5.79. The van der Waals surface area contributed by atoms with E-state index < -0.39 is 0 Å². The maximum Gasteiger partial charge on any atom is 0.319 e. The molecule has 6 heteroatoms. The smallest absolute Gasteiger partial charge is 0.319 e. The number of amides is 3. The molecule has 0 aromatic carbocycles. The molecule has 2 aliphatic rings. The van der Waals surface area contributed by atoms with Crippen LogP contribution >= 0.6 is 0 Å². The van der Waals surface area contributed by atoms with E-state index >= 15 is 0 Å². The predicted molar refractivity (Wildman–Crippen MR) is 82.1 cm³/mol. The van der Waals surface area contributed by atoms with E-state index in [9.17, 15) is 9.59 Å². The molecule has 0 aromatic heterocycles. The Morgan fingerprint density at radius 3 is 2.29 bits per heavy atom. The van der Waals surface area contributed by atoms with Crippen molar-refractivity contribution in [1.82, 2.24) is 19.6 Å². The molecule has 120 valence electrons. The Hall–Kier alpha value is -1.30. The molecule has 0 saturated carbocycles. The van der Waals surface area contributed by atoms with Gasteiger partial charge in [-0.1, -0.05) is 0 Å². The molecule has 0 N–H and O–H groups in total. The van der Waals surface area contributed by atoms with Gasteiger partial charge >= 0.3 is 6.03 Å². The van der Waals surface area contributed by atoms with Crippen molar-refractivity contribution in [1.29, 1.82) is 0 Å². The molecule has 0 bridgehead atoms. The average molecular weight is 296 g/mol. The van der Waals surface area contributed by atoms with Crippen molar-refractivity contribution < 1.29 is 9.59 Å². The molecule has 2 fully saturated rings. The second kappa shape index (κ2) is 7.11. The molecule has 0 spiro atoms. The lowest BCUT2D eigenvalue weighted by Gasteiger charge is -2.38. The van der Waals surface area contributed by atoms with E-state index in [1.807, 2.05) is 9.80 Å². The molecule has 2 saturated heterocycles. The molecule has 0 aliphatic carbocycles. The molecule has 0 aromatic rings. The van der Waals surface area contributed by atoms with E-state index in [4.69, 9.17) is 0 Å². The number of piperidine rings is 1. The molecular weight excluding hydrogens is 268 g/mol. The summed E-state index contributed by atoms with van der Waals surface area (Å²) in [6, 6.07) is 0.438. The summed E-state index contributed by atoms with van der Waals surface area (Å²) in [6.45, 7) is 6.53. The van der Waals surface area contributed by atoms with Crippen molar-refractivity contribution in [3.8, 4) is 0 Å². The maximum atomic E-state index is 12.4. The first kappa shape index (κ1) is 16.1. The van der Waals surface area contributed by atoms with Crippen molar-refractivity contribution in [3.05, 3.63) is 0 Å². The van der Waals surface area contributed by atoms with Gasteiger partial charge in [0.15, 0.2) is 0 Å². The first-order chi connectivity index (χ1) is 9.99. The van der Waals surface area contributed by atoms with Crippen molar-refractivity contribution in [2.45, 2.75) is 32.2 Å². The number of nitrogens with zero attached hydrogens (tertiary/aromatic N) is 4. The number of piperazine rings is 1. The van der Waals surface area contributed by atoms with Crippen LogP contribution in [0.25, 0.3) is 0 Å². The summed E-state index contributed by atoms with van der Waals surface area (Å²) in [5, 5.41) is 0. The summed E-state index contributed by atoms with van der Waals surface area (Å²) in [6.07, 6.45) is 3.48. The number of carbonyl (C=O) groups excluding carboxylic acids is 2. The largest absolute Gasteiger partial charge is 0.339 e. The Bertz CT molecular complexity index is 378. The van der Waals surface area contributed by atoms with Crippen molar-refractivity contribution >= 4 is 11.9 Å². The van der Waals surface area contributed by atoms with Crippen LogP contribution in [0, 0.1) is 0 Å². The minimum atomic E-state index is 0.0608. The molecular formula is C15H28N4O2. The number of rotatable bonds is 2. The molecule has 2 heterocycles. The van der Waals surface area contributed by atoms with E-state index in [1.165, 1.54) is 6.42 Å². The molecule has 1 atom stereocenters. The lowest BCUT2D eigenvalue weighted by molar-refractivity contribution is -0.136. The molecule has 3 amide bonds. The van der Waals surface area contributed by atoms with Gasteiger partial charge in [-0.25, -0.2) is 4.79 Å². The molecule has 1 unspecified atom stereocenters. The topological polar surface area (TPSA) is 47.1 Å². The number of carbonyl (C=O) groups is 2. The Morgan fingerprint density at radius 2 is 1.71 bits per heavy atom. The van der Waals surface area contributed by atoms with E-state index in [-0.39, 0.29) is 11.9 Å². The Balaban J connectivity index is 1.78. The van der Waals surface area contributed by atoms with Gasteiger partial charge in [-0.3, -0.25) is 9.69 Å². The molecule has 2 rings (SSSR count). The van der Waals surface area contributed by atoms with E-state index in [0.29, 0.717) is 25.7 Å². The third kappa shape index (κ3) is 4.09. The highest BCUT2D eigenvalue weighted by Crippen LogP contribution is 2.17. The summed E-state index contributed by atoms with van der Waals surface area (Å²) in [5.74, 6) is 0.245. The zero-order valence-corrected chi connectivity index (χ0v) is 13.5. The van der Waals surface area contributed by atoms with Crippen LogP contribution in [0.4, 0.5) is 4.79 Å². The lowest BCUT2D eigenvalue weighted by atomic mass is 10.0. The van der Waals surface area contributed by atoms with Crippen LogP contribution in [0.5, 0.6) is 0 Å². The fourth-order valence-corrected chi connectivity index (χ4v) is 3.13. The van der Waals surface area contributed by atoms with Gasteiger partial charge in [0.1, 0.15) is 0 Å². The van der Waals surface area contributed by atoms with Gasteiger partial charge in [-0.15, -0.1) is 0 Å². The van der Waals surface area contributed by atoms with Gasteiger partial charge < -0.3 is 14.7 Å².